The van der Waals surface area contributed by atoms with Gasteiger partial charge in [-0.2, -0.15) is 5.10 Å². The Kier molecular flexibility index (Phi) is 7.79. The van der Waals surface area contributed by atoms with Crippen LogP contribution in [0.4, 0.5) is 0 Å². The number of fused-ring (bicyclic) bond motifs is 2. The van der Waals surface area contributed by atoms with Crippen molar-refractivity contribution in [3.8, 4) is 33.5 Å². The summed E-state index contributed by atoms with van der Waals surface area (Å²) in [5.41, 5.74) is 4.56. The Bertz CT molecular complexity index is 1900. The number of aromatic nitrogens is 4. The number of aryl methyl sites for hydroxylation is 1. The van der Waals surface area contributed by atoms with E-state index in [1.807, 2.05) is 48.5 Å². The van der Waals surface area contributed by atoms with Crippen molar-refractivity contribution in [2.45, 2.75) is 33.4 Å². The lowest BCUT2D eigenvalue weighted by molar-refractivity contribution is -0.132. The molecule has 0 atom stereocenters. The number of imidazole rings is 1. The van der Waals surface area contributed by atoms with Crippen LogP contribution < -0.4 is 9.47 Å². The molecule has 7 rings (SSSR count). The van der Waals surface area contributed by atoms with Gasteiger partial charge in [0.15, 0.2) is 5.76 Å². The van der Waals surface area contributed by atoms with Crippen molar-refractivity contribution in [1.82, 2.24) is 29.4 Å². The average Bonchev–Trinajstić information content (AvgIpc) is 3.83. The zero-order valence-electron chi connectivity index (χ0n) is 24.8. The topological polar surface area (TPSA) is 98.2 Å². The zero-order chi connectivity index (χ0) is 30.2. The van der Waals surface area contributed by atoms with Gasteiger partial charge in [0.25, 0.3) is 0 Å². The molecule has 5 heterocycles. The Balaban J connectivity index is 1.02. The van der Waals surface area contributed by atoms with Crippen LogP contribution in [0.2, 0.25) is 0 Å². The fourth-order valence-corrected chi connectivity index (χ4v) is 6.95. The SMILES string of the molecule is CCC(=O)N1CCN(Cc2ccc(-c3nc(COc4cc(OC)cc5oc(-c6cn7nc(C)sc7n6)cc45)cs3)cc2)CC1. The van der Waals surface area contributed by atoms with E-state index in [2.05, 4.69) is 39.2 Å². The number of carbonyl (C=O) groups is 1. The quantitative estimate of drug-likeness (QED) is 0.185. The molecular formula is C32H32N6O4S2. The Hall–Kier alpha value is -4.26. The maximum Gasteiger partial charge on any atom is 0.222 e. The van der Waals surface area contributed by atoms with E-state index in [0.29, 0.717) is 41.6 Å². The maximum atomic E-state index is 12.0. The Morgan fingerprint density at radius 3 is 2.64 bits per heavy atom. The van der Waals surface area contributed by atoms with Crippen LogP contribution in [0, 0.1) is 6.92 Å². The van der Waals surface area contributed by atoms with E-state index < -0.39 is 0 Å². The predicted molar refractivity (Wildman–Crippen MR) is 171 cm³/mol. The minimum atomic E-state index is 0.244. The molecule has 2 aromatic carbocycles. The first-order chi connectivity index (χ1) is 21.4. The van der Waals surface area contributed by atoms with Crippen molar-refractivity contribution in [2.75, 3.05) is 33.3 Å². The highest BCUT2D eigenvalue weighted by molar-refractivity contribution is 7.16. The first-order valence-corrected chi connectivity index (χ1v) is 16.3. The summed E-state index contributed by atoms with van der Waals surface area (Å²) in [6, 6.07) is 14.3. The molecule has 1 aliphatic rings. The first-order valence-electron chi connectivity index (χ1n) is 14.6. The van der Waals surface area contributed by atoms with Gasteiger partial charge >= 0.3 is 0 Å². The lowest BCUT2D eigenvalue weighted by atomic mass is 10.1. The smallest absolute Gasteiger partial charge is 0.222 e. The third-order valence-electron chi connectivity index (χ3n) is 7.77. The van der Waals surface area contributed by atoms with Gasteiger partial charge in [-0.3, -0.25) is 9.69 Å². The van der Waals surface area contributed by atoms with Gasteiger partial charge in [-0.1, -0.05) is 42.5 Å². The normalized spacial score (nSPS) is 14.1. The first kappa shape index (κ1) is 28.5. The lowest BCUT2D eigenvalue weighted by Crippen LogP contribution is -2.48. The molecule has 226 valence electrons. The van der Waals surface area contributed by atoms with E-state index >= 15 is 0 Å². The molecule has 1 saturated heterocycles. The number of carbonyl (C=O) groups excluding carboxylic acids is 1. The summed E-state index contributed by atoms with van der Waals surface area (Å²) in [4.78, 5) is 26.7. The van der Waals surface area contributed by atoms with E-state index in [0.717, 1.165) is 64.3 Å². The molecule has 0 radical (unpaired) electrons. The van der Waals surface area contributed by atoms with E-state index in [1.54, 1.807) is 23.0 Å². The second-order valence-corrected chi connectivity index (χ2v) is 12.8. The molecule has 0 N–H and O–H groups in total. The van der Waals surface area contributed by atoms with Gasteiger partial charge < -0.3 is 18.8 Å². The van der Waals surface area contributed by atoms with Crippen LogP contribution in [0.25, 0.3) is 38.0 Å². The number of thiazole rings is 1. The van der Waals surface area contributed by atoms with Gasteiger partial charge in [-0.15, -0.1) is 11.3 Å². The summed E-state index contributed by atoms with van der Waals surface area (Å²) in [5.74, 6) is 2.18. The summed E-state index contributed by atoms with van der Waals surface area (Å²) < 4.78 is 19.7. The predicted octanol–water partition coefficient (Wildman–Crippen LogP) is 6.28. The monoisotopic (exact) mass is 628 g/mol. The van der Waals surface area contributed by atoms with Crippen molar-refractivity contribution in [1.29, 1.82) is 0 Å². The van der Waals surface area contributed by atoms with Gasteiger partial charge in [-0.05, 0) is 18.6 Å². The largest absolute Gasteiger partial charge is 0.496 e. The molecule has 0 aliphatic carbocycles. The third-order valence-corrected chi connectivity index (χ3v) is 9.55. The Labute approximate surface area is 262 Å². The summed E-state index contributed by atoms with van der Waals surface area (Å²) >= 11 is 3.14. The molecule has 1 fully saturated rings. The number of piperazine rings is 1. The van der Waals surface area contributed by atoms with Crippen molar-refractivity contribution in [2.24, 2.45) is 0 Å². The highest BCUT2D eigenvalue weighted by Gasteiger charge is 2.20. The maximum absolute atomic E-state index is 12.0. The van der Waals surface area contributed by atoms with Crippen molar-refractivity contribution in [3.63, 3.8) is 0 Å². The van der Waals surface area contributed by atoms with Crippen molar-refractivity contribution < 1.29 is 18.7 Å². The second-order valence-electron chi connectivity index (χ2n) is 10.8. The van der Waals surface area contributed by atoms with E-state index in [-0.39, 0.29) is 5.91 Å². The summed E-state index contributed by atoms with van der Waals surface area (Å²) in [7, 11) is 1.62. The number of hydrogen-bond acceptors (Lipinski definition) is 10. The number of furan rings is 1. The van der Waals surface area contributed by atoms with Gasteiger partial charge in [0.1, 0.15) is 39.4 Å². The molecule has 1 aliphatic heterocycles. The zero-order valence-corrected chi connectivity index (χ0v) is 26.4. The summed E-state index contributed by atoms with van der Waals surface area (Å²) in [6.45, 7) is 8.50. The Morgan fingerprint density at radius 2 is 1.89 bits per heavy atom. The number of amides is 1. The lowest BCUT2D eigenvalue weighted by Gasteiger charge is -2.34. The molecule has 0 spiro atoms. The standard InChI is InChI=1S/C32H32N6O4S2/c1-4-30(39)37-11-9-36(10-12-37)16-21-5-7-22(8-6-21)31-33-23(19-43-31)18-41-27-13-24(40-3)14-28-25(27)15-29(42-28)26-17-38-32(34-26)44-20(2)35-38/h5-8,13-15,17,19H,4,9-12,16,18H2,1-3H3. The molecule has 4 aromatic heterocycles. The van der Waals surface area contributed by atoms with E-state index in [4.69, 9.17) is 18.9 Å². The van der Waals surface area contributed by atoms with Crippen LogP contribution in [0.15, 0.2) is 58.5 Å². The van der Waals surface area contributed by atoms with Gasteiger partial charge in [-0.25, -0.2) is 14.5 Å². The van der Waals surface area contributed by atoms with Crippen LogP contribution in [-0.2, 0) is 17.9 Å². The van der Waals surface area contributed by atoms with Crippen LogP contribution in [-0.4, -0.2) is 68.6 Å². The molecule has 0 unspecified atom stereocenters. The van der Waals surface area contributed by atoms with E-state index in [9.17, 15) is 4.79 Å². The molecule has 0 saturated carbocycles. The van der Waals surface area contributed by atoms with Crippen molar-refractivity contribution in [3.05, 3.63) is 70.3 Å². The Morgan fingerprint density at radius 1 is 1.07 bits per heavy atom. The van der Waals surface area contributed by atoms with Crippen molar-refractivity contribution >= 4 is 44.5 Å². The van der Waals surface area contributed by atoms with Crippen LogP contribution in [0.3, 0.4) is 0 Å². The second kappa shape index (κ2) is 12.0. The third kappa shape index (κ3) is 5.80. The molecule has 0 bridgehead atoms. The fourth-order valence-electron chi connectivity index (χ4n) is 5.41. The molecule has 10 nitrogen and oxygen atoms in total. The highest BCUT2D eigenvalue weighted by Crippen LogP contribution is 2.37. The van der Waals surface area contributed by atoms with Gasteiger partial charge in [0.05, 0.1) is 24.4 Å². The van der Waals surface area contributed by atoms with Gasteiger partial charge in [0, 0.05) is 62.2 Å². The summed E-state index contributed by atoms with van der Waals surface area (Å²) in [6.07, 6.45) is 2.45. The average molecular weight is 629 g/mol. The molecule has 12 heteroatoms. The number of rotatable bonds is 9. The van der Waals surface area contributed by atoms with Crippen LogP contribution >= 0.6 is 22.7 Å². The molecule has 6 aromatic rings. The molecule has 1 amide bonds. The number of ether oxygens (including phenoxy) is 2. The number of nitrogens with zero attached hydrogens (tertiary/aromatic N) is 6. The van der Waals surface area contributed by atoms with Gasteiger partial charge in [0.2, 0.25) is 10.9 Å². The van der Waals surface area contributed by atoms with E-state index in [1.165, 1.54) is 16.9 Å². The molecule has 44 heavy (non-hydrogen) atoms. The number of methoxy groups -OCH3 is 1. The highest BCUT2D eigenvalue weighted by atomic mass is 32.1. The number of benzene rings is 2. The van der Waals surface area contributed by atoms with Crippen LogP contribution in [0.1, 0.15) is 29.6 Å². The van der Waals surface area contributed by atoms with Crippen LogP contribution in [0.5, 0.6) is 11.5 Å². The molecular weight excluding hydrogens is 597 g/mol. The number of hydrogen-bond donors (Lipinski definition) is 0. The summed E-state index contributed by atoms with van der Waals surface area (Å²) in [5, 5.41) is 9.23. The fraction of sp³-hybridized carbons (Fsp3) is 0.312. The minimum absolute atomic E-state index is 0.244. The minimum Gasteiger partial charge on any atom is -0.496 e.